The van der Waals surface area contributed by atoms with Crippen molar-refractivity contribution in [2.24, 2.45) is 5.16 Å². The average molecular weight is 690 g/mol. The van der Waals surface area contributed by atoms with Crippen molar-refractivity contribution in [3.63, 3.8) is 0 Å². The molecule has 0 spiro atoms. The van der Waals surface area contributed by atoms with Crippen LogP contribution in [0.15, 0.2) is 66.2 Å². The fourth-order valence-corrected chi connectivity index (χ4v) is 5.97. The van der Waals surface area contributed by atoms with Crippen molar-refractivity contribution >= 4 is 46.2 Å². The number of carbonyl (C=O) groups excluding carboxylic acids is 2. The first kappa shape index (κ1) is 34.4. The van der Waals surface area contributed by atoms with Crippen LogP contribution in [0.5, 0.6) is 0 Å². The fourth-order valence-electron chi connectivity index (χ4n) is 5.66. The predicted molar refractivity (Wildman–Crippen MR) is 168 cm³/mol. The largest absolute Gasteiger partial charge is 0.455 e. The van der Waals surface area contributed by atoms with Gasteiger partial charge in [0.05, 0.1) is 27.9 Å². The Morgan fingerprint density at radius 3 is 2.43 bits per heavy atom. The van der Waals surface area contributed by atoms with Crippen LogP contribution < -0.4 is 5.49 Å². The summed E-state index contributed by atoms with van der Waals surface area (Å²) in [7, 11) is 0. The van der Waals surface area contributed by atoms with Gasteiger partial charge in [-0.15, -0.1) is 0 Å². The Bertz CT molecular complexity index is 1780. The molecule has 250 valence electrons. The number of halogens is 2. The number of hydrogen-bond donors (Lipinski definition) is 3. The number of aliphatic hydroxyl groups excluding tert-OH is 1. The summed E-state index contributed by atoms with van der Waals surface area (Å²) in [6.45, 7) is 3.92. The van der Waals surface area contributed by atoms with E-state index < -0.39 is 42.6 Å². The van der Waals surface area contributed by atoms with Gasteiger partial charge < -0.3 is 43.5 Å². The number of benzene rings is 2. The minimum absolute atomic E-state index is 0.00206. The summed E-state index contributed by atoms with van der Waals surface area (Å²) < 4.78 is 32.2. The number of hydrogen-bond acceptors (Lipinski definition) is 11. The molecule has 1 saturated heterocycles. The van der Waals surface area contributed by atoms with E-state index in [1.165, 1.54) is 20.2 Å². The second kappa shape index (κ2) is 15.3. The van der Waals surface area contributed by atoms with Crippen molar-refractivity contribution in [3.8, 4) is 0 Å². The first-order valence-corrected chi connectivity index (χ1v) is 15.5. The first-order chi connectivity index (χ1) is 22.6. The number of nitrogens with zero attached hydrogens (tertiary/aromatic N) is 3. The highest BCUT2D eigenvalue weighted by Crippen LogP contribution is 2.43. The molecule has 6 atom stereocenters. The van der Waals surface area contributed by atoms with E-state index in [2.05, 4.69) is 15.1 Å². The Labute approximate surface area is 279 Å². The third kappa shape index (κ3) is 7.61. The van der Waals surface area contributed by atoms with Crippen LogP contribution in [0.3, 0.4) is 0 Å². The lowest BCUT2D eigenvalue weighted by atomic mass is 9.98. The molecule has 2 aromatic carbocycles. The van der Waals surface area contributed by atoms with Gasteiger partial charge in [0, 0.05) is 26.7 Å². The lowest BCUT2D eigenvalue weighted by Crippen LogP contribution is -2.41. The molecule has 0 saturated carbocycles. The number of H-pyrrole nitrogens is 1. The number of esters is 2. The average Bonchev–Trinajstić information content (AvgIpc) is 3.58. The van der Waals surface area contributed by atoms with E-state index in [0.717, 1.165) is 5.56 Å². The summed E-state index contributed by atoms with van der Waals surface area (Å²) in [5, 5.41) is 23.7. The van der Waals surface area contributed by atoms with Crippen molar-refractivity contribution in [2.75, 3.05) is 13.4 Å². The van der Waals surface area contributed by atoms with Crippen LogP contribution in [-0.2, 0) is 39.7 Å². The van der Waals surface area contributed by atoms with Gasteiger partial charge in [0.2, 0.25) is 5.49 Å². The molecule has 47 heavy (non-hydrogen) atoms. The summed E-state index contributed by atoms with van der Waals surface area (Å²) in [5.74, 6) is -1.31. The highest BCUT2D eigenvalue weighted by atomic mass is 35.5. The van der Waals surface area contributed by atoms with E-state index in [4.69, 9.17) is 46.9 Å². The van der Waals surface area contributed by atoms with Gasteiger partial charge in [-0.2, -0.15) is 0 Å². The molecule has 0 radical (unpaired) electrons. The second-order valence-electron chi connectivity index (χ2n) is 10.8. The summed E-state index contributed by atoms with van der Waals surface area (Å²) >= 11 is 12.7. The molecule has 5 rings (SSSR count). The minimum atomic E-state index is -1.19. The smallest absolute Gasteiger partial charge is 0.303 e. The number of nitrogens with one attached hydrogen (secondary N) is 1. The topological polar surface area (TPSA) is 167 Å². The van der Waals surface area contributed by atoms with E-state index in [-0.39, 0.29) is 36.4 Å². The zero-order chi connectivity index (χ0) is 33.7. The molecule has 15 heteroatoms. The maximum Gasteiger partial charge on any atom is 0.303 e. The number of rotatable bonds is 12. The number of aromatic nitrogens is 3. The molecule has 2 aromatic heterocycles. The van der Waals surface area contributed by atoms with E-state index in [1.54, 1.807) is 29.0 Å². The molecule has 3 heterocycles. The zero-order valence-electron chi connectivity index (χ0n) is 25.7. The SMILES string of the molecule is CC(=O)O[C@H]1[C@@H](OC(C)=O)[C@H](n2cc(CCO)c3/c(=N/O)nc[nH]c32)O[C@@H]1[C@H](OCOC(C)c1ccccc1)c1ccc(Cl)c(Cl)c1. The molecular weight excluding hydrogens is 655 g/mol. The van der Waals surface area contributed by atoms with Crippen LogP contribution in [0.2, 0.25) is 10.0 Å². The van der Waals surface area contributed by atoms with Crippen LogP contribution in [0.4, 0.5) is 0 Å². The van der Waals surface area contributed by atoms with Crippen molar-refractivity contribution in [1.29, 1.82) is 0 Å². The maximum absolute atomic E-state index is 12.5. The van der Waals surface area contributed by atoms with Crippen LogP contribution >= 0.6 is 23.2 Å². The molecule has 1 unspecified atom stereocenters. The van der Waals surface area contributed by atoms with E-state index in [9.17, 15) is 19.9 Å². The van der Waals surface area contributed by atoms with E-state index in [0.29, 0.717) is 27.2 Å². The predicted octanol–water partition coefficient (Wildman–Crippen LogP) is 4.75. The van der Waals surface area contributed by atoms with Gasteiger partial charge in [0.15, 0.2) is 18.4 Å². The third-order valence-corrected chi connectivity index (χ3v) is 8.45. The molecule has 13 nitrogen and oxygen atoms in total. The summed E-state index contributed by atoms with van der Waals surface area (Å²) in [4.78, 5) is 32.1. The van der Waals surface area contributed by atoms with E-state index in [1.807, 2.05) is 37.3 Å². The monoisotopic (exact) mass is 688 g/mol. The fraction of sp³-hybridized carbons (Fsp3) is 0.375. The van der Waals surface area contributed by atoms with Gasteiger partial charge in [-0.25, -0.2) is 4.98 Å². The van der Waals surface area contributed by atoms with Crippen molar-refractivity contribution < 1.29 is 43.6 Å². The Morgan fingerprint density at radius 1 is 1.04 bits per heavy atom. The Hall–Kier alpha value is -3.98. The number of ether oxygens (including phenoxy) is 5. The van der Waals surface area contributed by atoms with Gasteiger partial charge in [-0.05, 0) is 42.2 Å². The van der Waals surface area contributed by atoms with Crippen LogP contribution in [0, 0.1) is 0 Å². The quantitative estimate of drug-likeness (QED) is 0.0818. The van der Waals surface area contributed by atoms with Crippen molar-refractivity contribution in [2.45, 2.75) is 63.9 Å². The molecule has 1 fully saturated rings. The van der Waals surface area contributed by atoms with Crippen LogP contribution in [-0.4, -0.2) is 68.5 Å². The summed E-state index contributed by atoms with van der Waals surface area (Å²) in [5.41, 5.74) is 2.41. The van der Waals surface area contributed by atoms with Gasteiger partial charge in [0.25, 0.3) is 0 Å². The molecule has 1 aliphatic rings. The standard InChI is InChI=1S/C32H34Cl2N4O9/c1-17(20-7-5-4-6-8-20)43-16-44-26(21-9-10-23(33)24(34)13-21)27-28(45-18(2)40)29(46-19(3)41)32(47-27)38-14-22(11-12-39)25-30(37-42)35-15-36-31(25)38/h4-10,13-15,17,26-29,32,39,42H,11-12,16H2,1-3H3,(H,35,36,37)/t17?,26-,27-,28-,29-,32-/m1/s1. The molecule has 0 aliphatic carbocycles. The number of carbonyl (C=O) groups is 2. The van der Waals surface area contributed by atoms with Gasteiger partial charge in [-0.1, -0.05) is 64.8 Å². The first-order valence-electron chi connectivity index (χ1n) is 14.7. The highest BCUT2D eigenvalue weighted by molar-refractivity contribution is 6.42. The van der Waals surface area contributed by atoms with Crippen molar-refractivity contribution in [3.05, 3.63) is 93.3 Å². The third-order valence-electron chi connectivity index (χ3n) is 7.71. The highest BCUT2D eigenvalue weighted by Gasteiger charge is 2.54. The normalized spacial score (nSPS) is 21.1. The number of fused-ring (bicyclic) bond motifs is 1. The molecule has 0 amide bonds. The molecular formula is C32H34Cl2N4O9. The Balaban J connectivity index is 1.59. The van der Waals surface area contributed by atoms with Crippen molar-refractivity contribution in [1.82, 2.24) is 14.5 Å². The van der Waals surface area contributed by atoms with Gasteiger partial charge >= 0.3 is 11.9 Å². The lowest BCUT2D eigenvalue weighted by Gasteiger charge is -2.29. The summed E-state index contributed by atoms with van der Waals surface area (Å²) in [6, 6.07) is 14.5. The van der Waals surface area contributed by atoms with Gasteiger partial charge in [-0.3, -0.25) is 9.59 Å². The van der Waals surface area contributed by atoms with E-state index >= 15 is 0 Å². The molecule has 3 N–H and O–H groups in total. The van der Waals surface area contributed by atoms with Crippen LogP contribution in [0.1, 0.15) is 55.9 Å². The Morgan fingerprint density at radius 2 is 1.77 bits per heavy atom. The lowest BCUT2D eigenvalue weighted by molar-refractivity contribution is -0.179. The number of aromatic amines is 1. The molecule has 4 aromatic rings. The molecule has 1 aliphatic heterocycles. The Kier molecular flexibility index (Phi) is 11.2. The molecule has 0 bridgehead atoms. The zero-order valence-corrected chi connectivity index (χ0v) is 27.2. The maximum atomic E-state index is 12.5. The second-order valence-corrected chi connectivity index (χ2v) is 11.6. The summed E-state index contributed by atoms with van der Waals surface area (Å²) in [6.07, 6.45) is -2.71. The van der Waals surface area contributed by atoms with Crippen LogP contribution in [0.25, 0.3) is 11.0 Å². The number of aliphatic hydroxyl groups is 1. The minimum Gasteiger partial charge on any atom is -0.455 e. The van der Waals surface area contributed by atoms with Gasteiger partial charge in [0.1, 0.15) is 24.6 Å².